The fraction of sp³-hybridized carbons (Fsp3) is 0.120. The van der Waals surface area contributed by atoms with Crippen LogP contribution in [0.3, 0.4) is 0 Å². The number of hydrogen-bond acceptors (Lipinski definition) is 7. The molecule has 0 radical (unpaired) electrons. The van der Waals surface area contributed by atoms with Gasteiger partial charge in [0.15, 0.2) is 4.77 Å². The van der Waals surface area contributed by atoms with Gasteiger partial charge in [-0.2, -0.15) is 0 Å². The summed E-state index contributed by atoms with van der Waals surface area (Å²) >= 11 is 11.8. The van der Waals surface area contributed by atoms with Crippen LogP contribution in [0.5, 0.6) is 17.4 Å². The van der Waals surface area contributed by atoms with Crippen molar-refractivity contribution in [1.82, 2.24) is 9.13 Å². The Morgan fingerprint density at radius 2 is 1.66 bits per heavy atom. The topological polar surface area (TPSA) is 90.3 Å². The molecule has 1 aromatic heterocycles. The van der Waals surface area contributed by atoms with Crippen LogP contribution in [0, 0.1) is 4.77 Å². The number of halogens is 1. The lowest BCUT2D eigenvalue weighted by Gasteiger charge is -2.18. The smallest absolute Gasteiger partial charge is 0.290 e. The average molecular weight is 509 g/mol. The van der Waals surface area contributed by atoms with Crippen molar-refractivity contribution in [3.63, 3.8) is 0 Å². The van der Waals surface area contributed by atoms with Crippen molar-refractivity contribution < 1.29 is 14.6 Å². The molecule has 0 unspecified atom stereocenters. The molecule has 4 aromatic rings. The van der Waals surface area contributed by atoms with Crippen molar-refractivity contribution in [3.8, 4) is 28.8 Å². The summed E-state index contributed by atoms with van der Waals surface area (Å²) in [5.74, 6) is 0.595. The molecule has 0 saturated heterocycles. The van der Waals surface area contributed by atoms with Crippen molar-refractivity contribution in [2.75, 3.05) is 13.7 Å². The Labute approximate surface area is 211 Å². The quantitative estimate of drug-likeness (QED) is 0.226. The minimum atomic E-state index is -0.654. The van der Waals surface area contributed by atoms with Gasteiger partial charge in [-0.3, -0.25) is 13.9 Å². The van der Waals surface area contributed by atoms with Gasteiger partial charge < -0.3 is 14.6 Å². The number of aromatic hydroxyl groups is 1. The highest BCUT2D eigenvalue weighted by Crippen LogP contribution is 2.33. The lowest BCUT2D eigenvalue weighted by atomic mass is 10.2. The molecule has 8 nitrogen and oxygen atoms in total. The van der Waals surface area contributed by atoms with Crippen LogP contribution in [0.4, 0.5) is 11.4 Å². The monoisotopic (exact) mass is 508 g/mol. The third-order valence-corrected chi connectivity index (χ3v) is 5.74. The third-order valence-electron chi connectivity index (χ3n) is 5.05. The van der Waals surface area contributed by atoms with Crippen LogP contribution in [0.15, 0.2) is 87.8 Å². The highest BCUT2D eigenvalue weighted by atomic mass is 35.5. The Kier molecular flexibility index (Phi) is 7.28. The fourth-order valence-corrected chi connectivity index (χ4v) is 3.97. The first-order chi connectivity index (χ1) is 17.0. The molecule has 0 bridgehead atoms. The molecule has 178 valence electrons. The zero-order valence-corrected chi connectivity index (χ0v) is 20.5. The molecule has 1 N–H and O–H groups in total. The van der Waals surface area contributed by atoms with Gasteiger partial charge in [-0.25, -0.2) is 0 Å². The van der Waals surface area contributed by atoms with Crippen LogP contribution >= 0.6 is 23.8 Å². The molecule has 0 aliphatic carbocycles. The molecular weight excluding hydrogens is 488 g/mol. The van der Waals surface area contributed by atoms with E-state index in [9.17, 15) is 9.90 Å². The lowest BCUT2D eigenvalue weighted by molar-refractivity contribution is 0.340. The van der Waals surface area contributed by atoms with E-state index in [1.165, 1.54) is 16.2 Å². The first-order valence-electron chi connectivity index (χ1n) is 10.6. The fourth-order valence-electron chi connectivity index (χ4n) is 3.43. The van der Waals surface area contributed by atoms with Crippen LogP contribution in [-0.2, 0) is 0 Å². The van der Waals surface area contributed by atoms with E-state index in [2.05, 4.69) is 10.2 Å². The molecule has 0 saturated carbocycles. The van der Waals surface area contributed by atoms with E-state index < -0.39 is 11.4 Å². The zero-order chi connectivity index (χ0) is 24.9. The van der Waals surface area contributed by atoms with E-state index in [0.29, 0.717) is 40.2 Å². The molecule has 0 atom stereocenters. The molecule has 0 amide bonds. The number of nitrogens with zero attached hydrogens (tertiary/aromatic N) is 4. The molecule has 0 aliphatic rings. The maximum atomic E-state index is 13.5. The zero-order valence-electron chi connectivity index (χ0n) is 18.9. The normalized spacial score (nSPS) is 11.1. The van der Waals surface area contributed by atoms with Gasteiger partial charge in [0.1, 0.15) is 17.2 Å². The van der Waals surface area contributed by atoms with E-state index in [1.807, 2.05) is 6.92 Å². The number of azo groups is 1. The van der Waals surface area contributed by atoms with E-state index in [1.54, 1.807) is 72.8 Å². The van der Waals surface area contributed by atoms with Gasteiger partial charge in [-0.15, -0.1) is 10.2 Å². The van der Waals surface area contributed by atoms with Crippen molar-refractivity contribution in [3.05, 3.63) is 92.9 Å². The van der Waals surface area contributed by atoms with Crippen molar-refractivity contribution in [2.45, 2.75) is 6.92 Å². The van der Waals surface area contributed by atoms with Crippen LogP contribution in [0.25, 0.3) is 11.4 Å². The van der Waals surface area contributed by atoms with E-state index in [-0.39, 0.29) is 10.5 Å². The first-order valence-corrected chi connectivity index (χ1v) is 11.4. The summed E-state index contributed by atoms with van der Waals surface area (Å²) in [5, 5.41) is 19.7. The molecule has 3 aromatic carbocycles. The summed E-state index contributed by atoms with van der Waals surface area (Å²) in [5.41, 5.74) is 0.247. The molecule has 1 heterocycles. The van der Waals surface area contributed by atoms with Gasteiger partial charge >= 0.3 is 0 Å². The van der Waals surface area contributed by atoms with Gasteiger partial charge in [-0.1, -0.05) is 35.9 Å². The Balaban J connectivity index is 2.01. The molecule has 35 heavy (non-hydrogen) atoms. The minimum absolute atomic E-state index is 0.0119. The second-order valence-corrected chi connectivity index (χ2v) is 7.95. The van der Waals surface area contributed by atoms with Crippen LogP contribution in [0.1, 0.15) is 6.92 Å². The Bertz CT molecular complexity index is 1510. The maximum absolute atomic E-state index is 13.5. The number of benzene rings is 3. The standard InChI is InChI=1S/C25H21ClN4O4S/c1-3-34-17-14-12-16(13-15-17)29-23(31)22(28-27-19-9-5-4-8-18(19)26)24(32)30(25(29)35)20-10-6-7-11-21(20)33-2/h4-15,32H,3H2,1-2H3. The Morgan fingerprint density at radius 1 is 0.971 bits per heavy atom. The largest absolute Gasteiger partial charge is 0.495 e. The summed E-state index contributed by atoms with van der Waals surface area (Å²) < 4.78 is 13.5. The first kappa shape index (κ1) is 24.2. The predicted octanol–water partition coefficient (Wildman–Crippen LogP) is 6.54. The van der Waals surface area contributed by atoms with Gasteiger partial charge in [-0.05, 0) is 67.7 Å². The molecular formula is C25H21ClN4O4S. The van der Waals surface area contributed by atoms with E-state index in [0.717, 1.165) is 0 Å². The summed E-state index contributed by atoms with van der Waals surface area (Å²) in [6.07, 6.45) is 0. The second-order valence-electron chi connectivity index (χ2n) is 7.18. The molecule has 4 rings (SSSR count). The predicted molar refractivity (Wildman–Crippen MR) is 137 cm³/mol. The lowest BCUT2D eigenvalue weighted by Crippen LogP contribution is -2.23. The molecule has 0 fully saturated rings. The van der Waals surface area contributed by atoms with Gasteiger partial charge in [0.05, 0.1) is 30.1 Å². The van der Waals surface area contributed by atoms with Gasteiger partial charge in [0.2, 0.25) is 11.6 Å². The van der Waals surface area contributed by atoms with Crippen LogP contribution < -0.4 is 15.0 Å². The molecule has 0 spiro atoms. The Hall–Kier alpha value is -3.95. The SMILES string of the molecule is CCOc1ccc(-n2c(=O)c(N=Nc3ccccc3Cl)c(O)n(-c3ccccc3OC)c2=S)cc1. The highest BCUT2D eigenvalue weighted by Gasteiger charge is 2.21. The van der Waals surface area contributed by atoms with Crippen molar-refractivity contribution in [2.24, 2.45) is 10.2 Å². The van der Waals surface area contributed by atoms with Gasteiger partial charge in [0.25, 0.3) is 5.56 Å². The van der Waals surface area contributed by atoms with Crippen molar-refractivity contribution >= 4 is 35.2 Å². The number of aromatic nitrogens is 2. The Morgan fingerprint density at radius 3 is 2.34 bits per heavy atom. The maximum Gasteiger partial charge on any atom is 0.290 e. The summed E-state index contributed by atoms with van der Waals surface area (Å²) in [6.45, 7) is 2.39. The summed E-state index contributed by atoms with van der Waals surface area (Å²) in [4.78, 5) is 13.5. The number of hydrogen-bond donors (Lipinski definition) is 1. The highest BCUT2D eigenvalue weighted by molar-refractivity contribution is 7.71. The van der Waals surface area contributed by atoms with E-state index >= 15 is 0 Å². The summed E-state index contributed by atoms with van der Waals surface area (Å²) in [7, 11) is 1.50. The molecule has 10 heteroatoms. The molecule has 0 aliphatic heterocycles. The minimum Gasteiger partial charge on any atom is -0.495 e. The number of ether oxygens (including phenoxy) is 2. The second kappa shape index (κ2) is 10.5. The summed E-state index contributed by atoms with van der Waals surface area (Å²) in [6, 6.07) is 20.6. The number of para-hydroxylation sites is 2. The number of rotatable bonds is 7. The van der Waals surface area contributed by atoms with Crippen molar-refractivity contribution in [1.29, 1.82) is 0 Å². The average Bonchev–Trinajstić information content (AvgIpc) is 2.86. The van der Waals surface area contributed by atoms with Crippen LogP contribution in [-0.4, -0.2) is 28.0 Å². The third kappa shape index (κ3) is 4.82. The van der Waals surface area contributed by atoms with E-state index in [4.69, 9.17) is 33.3 Å². The number of methoxy groups -OCH3 is 1. The van der Waals surface area contributed by atoms with Crippen LogP contribution in [0.2, 0.25) is 5.02 Å². The van der Waals surface area contributed by atoms with Gasteiger partial charge in [0, 0.05) is 0 Å².